The maximum Gasteiger partial charge on any atom is 0.134 e. The van der Waals surface area contributed by atoms with Crippen LogP contribution < -0.4 is 9.47 Å². The van der Waals surface area contributed by atoms with E-state index in [9.17, 15) is 0 Å². The molecule has 0 amide bonds. The van der Waals surface area contributed by atoms with Crippen molar-refractivity contribution in [2.45, 2.75) is 25.7 Å². The van der Waals surface area contributed by atoms with Gasteiger partial charge in [0, 0.05) is 45.5 Å². The van der Waals surface area contributed by atoms with E-state index >= 15 is 0 Å². The Morgan fingerprint density at radius 3 is 1.58 bits per heavy atom. The number of hydrogen-bond donors (Lipinski definition) is 0. The second-order valence-electron chi connectivity index (χ2n) is 6.37. The van der Waals surface area contributed by atoms with Gasteiger partial charge in [0.25, 0.3) is 0 Å². The lowest BCUT2D eigenvalue weighted by molar-refractivity contribution is 0.417. The Balaban J connectivity index is 2.13. The molecule has 3 aromatic carbocycles. The fourth-order valence-corrected chi connectivity index (χ4v) is 3.53. The SMILES string of the molecule is COc1c2ccccc2c(OC)c2cc3c(cc12)C#CCCCCC#C3. The average molecular weight is 340 g/mol. The first-order valence-corrected chi connectivity index (χ1v) is 8.91. The zero-order valence-electron chi connectivity index (χ0n) is 15.1. The summed E-state index contributed by atoms with van der Waals surface area (Å²) in [5, 5.41) is 4.10. The molecule has 0 N–H and O–H groups in total. The predicted molar refractivity (Wildman–Crippen MR) is 107 cm³/mol. The van der Waals surface area contributed by atoms with Crippen LogP contribution in [-0.2, 0) is 0 Å². The van der Waals surface area contributed by atoms with Crippen molar-refractivity contribution in [3.8, 4) is 35.2 Å². The van der Waals surface area contributed by atoms with Crippen molar-refractivity contribution >= 4 is 21.5 Å². The molecule has 2 heteroatoms. The number of hydrogen-bond acceptors (Lipinski definition) is 2. The first-order valence-electron chi connectivity index (χ1n) is 8.91. The summed E-state index contributed by atoms with van der Waals surface area (Å²) in [6, 6.07) is 12.4. The highest BCUT2D eigenvalue weighted by Crippen LogP contribution is 2.43. The first kappa shape index (κ1) is 16.4. The molecule has 0 bridgehead atoms. The van der Waals surface area contributed by atoms with Gasteiger partial charge >= 0.3 is 0 Å². The van der Waals surface area contributed by atoms with E-state index in [1.807, 2.05) is 12.1 Å². The van der Waals surface area contributed by atoms with Crippen LogP contribution in [0, 0.1) is 23.7 Å². The number of methoxy groups -OCH3 is 2. The van der Waals surface area contributed by atoms with Crippen LogP contribution in [0.5, 0.6) is 11.5 Å². The van der Waals surface area contributed by atoms with Gasteiger partial charge in [-0.2, -0.15) is 0 Å². The second-order valence-corrected chi connectivity index (χ2v) is 6.37. The maximum atomic E-state index is 5.79. The van der Waals surface area contributed by atoms with Gasteiger partial charge in [-0.1, -0.05) is 47.9 Å². The first-order chi connectivity index (χ1) is 12.8. The third-order valence-electron chi connectivity index (χ3n) is 4.77. The van der Waals surface area contributed by atoms with E-state index in [4.69, 9.17) is 9.47 Å². The maximum absolute atomic E-state index is 5.79. The van der Waals surface area contributed by atoms with Crippen LogP contribution >= 0.6 is 0 Å². The summed E-state index contributed by atoms with van der Waals surface area (Å²) in [5.74, 6) is 14.9. The number of rotatable bonds is 2. The van der Waals surface area contributed by atoms with E-state index < -0.39 is 0 Å². The summed E-state index contributed by atoms with van der Waals surface area (Å²) in [6.45, 7) is 0. The van der Waals surface area contributed by atoms with Gasteiger partial charge in [-0.3, -0.25) is 0 Å². The minimum Gasteiger partial charge on any atom is -0.495 e. The van der Waals surface area contributed by atoms with E-state index in [2.05, 4.69) is 47.9 Å². The van der Waals surface area contributed by atoms with Crippen LogP contribution in [0.1, 0.15) is 36.8 Å². The van der Waals surface area contributed by atoms with E-state index in [-0.39, 0.29) is 0 Å². The highest BCUT2D eigenvalue weighted by Gasteiger charge is 2.16. The van der Waals surface area contributed by atoms with Crippen LogP contribution in [-0.4, -0.2) is 14.2 Å². The van der Waals surface area contributed by atoms with Gasteiger partial charge in [-0.05, 0) is 25.0 Å². The standard InChI is InChI=1S/C24H20O2/c1-25-23-19-13-9-10-14-20(19)24(26-2)22-16-18-12-8-6-4-3-5-7-11-17(18)15-21(22)23/h9-10,13-16H,3-6H2,1-2H3. The van der Waals surface area contributed by atoms with Crippen LogP contribution in [0.3, 0.4) is 0 Å². The molecule has 0 fully saturated rings. The molecule has 0 atom stereocenters. The molecule has 26 heavy (non-hydrogen) atoms. The molecule has 0 saturated heterocycles. The fraction of sp³-hybridized carbons (Fsp3) is 0.250. The van der Waals surface area contributed by atoms with Crippen LogP contribution in [0.25, 0.3) is 21.5 Å². The van der Waals surface area contributed by atoms with Gasteiger partial charge in [0.15, 0.2) is 0 Å². The van der Waals surface area contributed by atoms with Gasteiger partial charge in [-0.15, -0.1) is 0 Å². The number of benzene rings is 3. The summed E-state index contributed by atoms with van der Waals surface area (Å²) >= 11 is 0. The van der Waals surface area contributed by atoms with Crippen molar-refractivity contribution in [1.29, 1.82) is 0 Å². The lowest BCUT2D eigenvalue weighted by Crippen LogP contribution is -1.95. The number of fused-ring (bicyclic) bond motifs is 3. The normalized spacial score (nSPS) is 13.2. The molecule has 128 valence electrons. The Labute approximate surface area is 154 Å². The summed E-state index contributed by atoms with van der Waals surface area (Å²) in [4.78, 5) is 0. The molecule has 0 saturated carbocycles. The molecule has 0 unspecified atom stereocenters. The summed E-state index contributed by atoms with van der Waals surface area (Å²) in [5.41, 5.74) is 1.92. The van der Waals surface area contributed by atoms with Gasteiger partial charge < -0.3 is 9.47 Å². The van der Waals surface area contributed by atoms with E-state index in [1.165, 1.54) is 0 Å². The topological polar surface area (TPSA) is 18.5 Å². The Morgan fingerprint density at radius 1 is 0.692 bits per heavy atom. The molecule has 1 aliphatic carbocycles. The van der Waals surface area contributed by atoms with E-state index in [1.54, 1.807) is 14.2 Å². The molecule has 0 spiro atoms. The van der Waals surface area contributed by atoms with Crippen LogP contribution in [0.2, 0.25) is 0 Å². The minimum absolute atomic E-state index is 0.853. The van der Waals surface area contributed by atoms with Crippen molar-refractivity contribution in [3.05, 3.63) is 47.5 Å². The monoisotopic (exact) mass is 340 g/mol. The summed E-state index contributed by atoms with van der Waals surface area (Å²) in [6.07, 6.45) is 4.04. The molecule has 0 aliphatic heterocycles. The molecule has 0 heterocycles. The van der Waals surface area contributed by atoms with E-state index in [0.29, 0.717) is 0 Å². The van der Waals surface area contributed by atoms with Crippen molar-refractivity contribution in [1.82, 2.24) is 0 Å². The number of ether oxygens (including phenoxy) is 2. The molecule has 0 aromatic heterocycles. The van der Waals surface area contributed by atoms with Crippen molar-refractivity contribution < 1.29 is 9.47 Å². The van der Waals surface area contributed by atoms with Crippen molar-refractivity contribution in [3.63, 3.8) is 0 Å². The largest absolute Gasteiger partial charge is 0.495 e. The molecular weight excluding hydrogens is 320 g/mol. The van der Waals surface area contributed by atoms with Crippen LogP contribution in [0.15, 0.2) is 36.4 Å². The Hall–Kier alpha value is -3.10. The fourth-order valence-electron chi connectivity index (χ4n) is 3.53. The smallest absolute Gasteiger partial charge is 0.134 e. The van der Waals surface area contributed by atoms with Gasteiger partial charge in [-0.25, -0.2) is 0 Å². The lowest BCUT2D eigenvalue weighted by Gasteiger charge is -2.16. The molecule has 4 rings (SSSR count). The molecular formula is C24H20O2. The zero-order valence-corrected chi connectivity index (χ0v) is 15.1. The molecule has 0 radical (unpaired) electrons. The minimum atomic E-state index is 0.853. The second kappa shape index (κ2) is 7.03. The lowest BCUT2D eigenvalue weighted by atomic mass is 9.95. The van der Waals surface area contributed by atoms with Gasteiger partial charge in [0.05, 0.1) is 14.2 Å². The molecule has 2 nitrogen and oxygen atoms in total. The zero-order chi connectivity index (χ0) is 17.9. The predicted octanol–water partition coefficient (Wildman–Crippen LogP) is 5.29. The third-order valence-corrected chi connectivity index (χ3v) is 4.77. The third kappa shape index (κ3) is 2.75. The van der Waals surface area contributed by atoms with Crippen molar-refractivity contribution in [2.75, 3.05) is 14.2 Å². The summed E-state index contributed by atoms with van der Waals surface area (Å²) in [7, 11) is 3.43. The highest BCUT2D eigenvalue weighted by molar-refractivity contribution is 6.11. The Bertz CT molecular complexity index is 1030. The quantitative estimate of drug-likeness (QED) is 0.466. The van der Waals surface area contributed by atoms with Crippen molar-refractivity contribution in [2.24, 2.45) is 0 Å². The average Bonchev–Trinajstić information content (AvgIpc) is 2.68. The van der Waals surface area contributed by atoms with E-state index in [0.717, 1.165) is 69.9 Å². The molecule has 1 aliphatic rings. The van der Waals surface area contributed by atoms with Crippen LogP contribution in [0.4, 0.5) is 0 Å². The van der Waals surface area contributed by atoms with Gasteiger partial charge in [0.1, 0.15) is 11.5 Å². The molecule has 3 aromatic rings. The Morgan fingerprint density at radius 2 is 1.15 bits per heavy atom. The highest BCUT2D eigenvalue weighted by atomic mass is 16.5. The summed E-state index contributed by atoms with van der Waals surface area (Å²) < 4.78 is 11.6. The van der Waals surface area contributed by atoms with Gasteiger partial charge in [0.2, 0.25) is 0 Å². The Kier molecular flexibility index (Phi) is 4.42.